The quantitative estimate of drug-likeness (QED) is 0.762. The first-order valence-electron chi connectivity index (χ1n) is 6.09. The van der Waals surface area contributed by atoms with Gasteiger partial charge in [0, 0.05) is 27.5 Å². The Bertz CT molecular complexity index is 882. The normalized spacial score (nSPS) is 8.68. The average Bonchev–Trinajstić information content (AvgIpc) is 2.50. The van der Waals surface area contributed by atoms with E-state index in [1.165, 1.54) is 6.08 Å². The van der Waals surface area contributed by atoms with Crippen molar-refractivity contribution in [2.24, 2.45) is 0 Å². The molecule has 0 aliphatic rings. The standard InChI is InChI=1S/C19H13NO.ClH.15H2/c1-3-5-6-7-8-9-10-11-12-13-14-15-16-17-19(21)18(20)4-2;;;;;;;;;;;;;;;;/h17-19,21H,1,4,20H2,2H3;16*1H/t18-,19-;;;;;;;;;;;;;;;;/m0................/s1. The second-order valence-corrected chi connectivity index (χ2v) is 3.52. The van der Waals surface area contributed by atoms with Gasteiger partial charge >= 0.3 is 0 Å². The Balaban J connectivity index is -0.0000000167. The van der Waals surface area contributed by atoms with Gasteiger partial charge in [0.2, 0.25) is 0 Å². The zero-order chi connectivity index (χ0) is 15.8. The highest BCUT2D eigenvalue weighted by atomic mass is 35.5. The van der Waals surface area contributed by atoms with Gasteiger partial charge in [-0.2, -0.15) is 0 Å². The summed E-state index contributed by atoms with van der Waals surface area (Å²) in [6.07, 6.45) is 1.62. The molecular weight excluding hydrogens is 294 g/mol. The van der Waals surface area contributed by atoms with Crippen LogP contribution < -0.4 is 18.1 Å². The highest BCUT2D eigenvalue weighted by Gasteiger charge is 2.11. The van der Waals surface area contributed by atoms with Crippen LogP contribution in [0.3, 0.4) is 0 Å². The van der Waals surface area contributed by atoms with E-state index in [0.717, 1.165) is 6.42 Å². The fraction of sp³-hybridized carbons (Fsp3) is 0.211. The van der Waals surface area contributed by atoms with E-state index in [1.54, 1.807) is 0 Å². The van der Waals surface area contributed by atoms with Crippen LogP contribution in [0.25, 0.3) is 0 Å². The van der Waals surface area contributed by atoms with E-state index in [-0.39, 0.29) is 39.8 Å². The van der Waals surface area contributed by atoms with E-state index < -0.39 is 6.10 Å². The molecule has 0 heterocycles. The van der Waals surface area contributed by atoms with Crippen molar-refractivity contribution in [2.45, 2.75) is 25.5 Å². The summed E-state index contributed by atoms with van der Waals surface area (Å²) in [5, 5.41) is 9.55. The van der Waals surface area contributed by atoms with Gasteiger partial charge in [-0.05, 0) is 76.0 Å². The Morgan fingerprint density at radius 2 is 1.36 bits per heavy atom. The minimum Gasteiger partial charge on any atom is -1.00 e. The molecule has 2 nitrogen and oxygen atoms in total. The van der Waals surface area contributed by atoms with Crippen molar-refractivity contribution in [3.63, 3.8) is 0 Å². The van der Waals surface area contributed by atoms with E-state index in [2.05, 4.69) is 86.8 Å². The maximum Gasteiger partial charge on any atom is 0.132 e. The second-order valence-electron chi connectivity index (χ2n) is 3.52. The van der Waals surface area contributed by atoms with Crippen LogP contribution in [0, 0.1) is 0 Å². The molecule has 0 aromatic heterocycles. The molecule has 0 saturated heterocycles. The van der Waals surface area contributed by atoms with Gasteiger partial charge in [0.15, 0.2) is 0 Å². The van der Waals surface area contributed by atoms with Crippen LogP contribution in [0.2, 0.25) is 0 Å². The Morgan fingerprint density at radius 3 is 1.77 bits per heavy atom. The molecule has 0 fully saturated rings. The van der Waals surface area contributed by atoms with E-state index in [9.17, 15) is 5.11 Å². The lowest BCUT2D eigenvalue weighted by molar-refractivity contribution is -0.433. The SMILES string of the molecule is C=C=C=C=C=C=C=C=C=C=C=C=C=C=C[C@H](O)[C@@H]([NH3+])CC.[Cl-].[HH].[HH].[HH].[HH].[HH].[HH].[HH].[HH].[HH].[HH].[HH].[HH].[HH].[HH].[HH]. The fourth-order valence-corrected chi connectivity index (χ4v) is 0.866. The molecule has 3 heteroatoms. The van der Waals surface area contributed by atoms with Gasteiger partial charge in [-0.25, -0.2) is 0 Å². The summed E-state index contributed by atoms with van der Waals surface area (Å²) in [5.74, 6) is 0. The van der Waals surface area contributed by atoms with Gasteiger partial charge < -0.3 is 23.2 Å². The summed E-state index contributed by atoms with van der Waals surface area (Å²) < 4.78 is 0. The van der Waals surface area contributed by atoms with Crippen LogP contribution in [-0.2, 0) is 0 Å². The predicted molar refractivity (Wildman–Crippen MR) is 111 cm³/mol. The Morgan fingerprint density at radius 1 is 0.955 bits per heavy atom. The molecule has 0 aliphatic carbocycles. The molecule has 0 bridgehead atoms. The number of aliphatic hydroxyl groups is 1. The van der Waals surface area contributed by atoms with Crippen molar-refractivity contribution in [1.82, 2.24) is 0 Å². The Hall–Kier alpha value is -2.91. The summed E-state index contributed by atoms with van der Waals surface area (Å²) in [6, 6.07) is -0.0579. The molecule has 0 unspecified atom stereocenters. The van der Waals surface area contributed by atoms with Crippen molar-refractivity contribution >= 4 is 0 Å². The molecule has 138 valence electrons. The average molecular weight is 338 g/mol. The van der Waals surface area contributed by atoms with Gasteiger partial charge in [-0.15, -0.1) is 0 Å². The van der Waals surface area contributed by atoms with Crippen molar-refractivity contribution < 1.29 is 44.6 Å². The van der Waals surface area contributed by atoms with Crippen LogP contribution in [0.4, 0.5) is 0 Å². The first-order valence-corrected chi connectivity index (χ1v) is 6.09. The van der Waals surface area contributed by atoms with Crippen LogP contribution in [-0.4, -0.2) is 17.3 Å². The molecule has 0 rings (SSSR count). The minimum atomic E-state index is -0.637. The second kappa shape index (κ2) is 16.1. The van der Waals surface area contributed by atoms with Crippen molar-refractivity contribution in [2.75, 3.05) is 0 Å². The molecule has 0 aliphatic heterocycles. The molecule has 22 heavy (non-hydrogen) atoms. The summed E-state index contributed by atoms with van der Waals surface area (Å²) >= 11 is 0. The maximum absolute atomic E-state index is 9.55. The lowest BCUT2D eigenvalue weighted by atomic mass is 10.1. The molecule has 0 radical (unpaired) electrons. The predicted octanol–water partition coefficient (Wildman–Crippen LogP) is 2.26. The molecule has 0 aromatic rings. The summed E-state index contributed by atoms with van der Waals surface area (Å²) in [5.41, 5.74) is 36.3. The van der Waals surface area contributed by atoms with E-state index in [0.29, 0.717) is 0 Å². The molecule has 4 N–H and O–H groups in total. The first kappa shape index (κ1) is 21.4. The van der Waals surface area contributed by atoms with Crippen LogP contribution >= 0.6 is 0 Å². The first-order chi connectivity index (χ1) is 10.2. The molecular formula is C19H44ClNO. The third kappa shape index (κ3) is 13.5. The van der Waals surface area contributed by atoms with Gasteiger partial charge in [-0.1, -0.05) is 18.4 Å². The summed E-state index contributed by atoms with van der Waals surface area (Å²) in [6.45, 7) is 5.25. The van der Waals surface area contributed by atoms with Gasteiger partial charge in [0.05, 0.1) is 0 Å². The Labute approximate surface area is 158 Å². The highest BCUT2D eigenvalue weighted by molar-refractivity contribution is 4.94. The lowest BCUT2D eigenvalue weighted by Crippen LogP contribution is -3.00. The van der Waals surface area contributed by atoms with Crippen molar-refractivity contribution in [1.29, 1.82) is 0 Å². The monoisotopic (exact) mass is 337 g/mol. The van der Waals surface area contributed by atoms with Crippen molar-refractivity contribution in [3.05, 3.63) is 87.2 Å². The number of halogens is 1. The van der Waals surface area contributed by atoms with E-state index in [1.807, 2.05) is 6.92 Å². The molecule has 0 spiro atoms. The number of aliphatic hydroxyl groups excluding tert-OH is 1. The zero-order valence-electron chi connectivity index (χ0n) is 12.2. The van der Waals surface area contributed by atoms with Gasteiger partial charge in [-0.3, -0.25) is 0 Å². The smallest absolute Gasteiger partial charge is 0.132 e. The molecule has 0 saturated carbocycles. The summed E-state index contributed by atoms with van der Waals surface area (Å²) in [7, 11) is 0. The minimum absolute atomic E-state index is 0. The number of hydrogen-bond acceptors (Lipinski definition) is 1. The molecule has 0 aromatic carbocycles. The largest absolute Gasteiger partial charge is 1.00 e. The third-order valence-electron chi connectivity index (χ3n) is 2.05. The lowest BCUT2D eigenvalue weighted by Gasteiger charge is -2.07. The van der Waals surface area contributed by atoms with Crippen molar-refractivity contribution in [3.8, 4) is 0 Å². The van der Waals surface area contributed by atoms with Crippen LogP contribution in [0.15, 0.2) is 87.2 Å². The number of hydrogen-bond donors (Lipinski definition) is 2. The fourth-order valence-electron chi connectivity index (χ4n) is 0.866. The number of quaternary nitrogens is 1. The van der Waals surface area contributed by atoms with E-state index >= 15 is 0 Å². The van der Waals surface area contributed by atoms with Crippen LogP contribution in [0.5, 0.6) is 0 Å². The highest BCUT2D eigenvalue weighted by Crippen LogP contribution is 1.92. The van der Waals surface area contributed by atoms with Crippen LogP contribution in [0.1, 0.15) is 34.7 Å². The molecule has 0 amide bonds. The molecule has 2 atom stereocenters. The van der Waals surface area contributed by atoms with Gasteiger partial charge in [0.1, 0.15) is 12.1 Å². The number of rotatable bonds is 3. The Kier molecular flexibility index (Phi) is 15.7. The summed E-state index contributed by atoms with van der Waals surface area (Å²) in [4.78, 5) is 0. The topological polar surface area (TPSA) is 47.9 Å². The van der Waals surface area contributed by atoms with E-state index in [4.69, 9.17) is 0 Å². The maximum atomic E-state index is 9.55. The third-order valence-corrected chi connectivity index (χ3v) is 2.05. The zero-order valence-corrected chi connectivity index (χ0v) is 12.9. The van der Waals surface area contributed by atoms with Gasteiger partial charge in [0.25, 0.3) is 0 Å².